The van der Waals surface area contributed by atoms with Gasteiger partial charge in [-0.3, -0.25) is 9.59 Å². The fraction of sp³-hybridized carbons (Fsp3) is 0.533. The highest BCUT2D eigenvalue weighted by Gasteiger charge is 2.63. The van der Waals surface area contributed by atoms with Crippen LogP contribution in [-0.4, -0.2) is 34.2 Å². The second-order valence-electron chi connectivity index (χ2n) is 5.29. The minimum absolute atomic E-state index is 0.160. The van der Waals surface area contributed by atoms with Crippen molar-refractivity contribution in [3.05, 3.63) is 24.8 Å². The highest BCUT2D eigenvalue weighted by atomic mass is 16.5. The number of esters is 1. The van der Waals surface area contributed by atoms with Crippen LogP contribution >= 0.6 is 0 Å². The Morgan fingerprint density at radius 1 is 1.38 bits per heavy atom. The lowest BCUT2D eigenvalue weighted by Gasteiger charge is -2.46. The number of carboxylic acids is 2. The Bertz CT molecular complexity index is 494. The summed E-state index contributed by atoms with van der Waals surface area (Å²) < 4.78 is 5.15. The minimum Gasteiger partial charge on any atom is -0.481 e. The fourth-order valence-corrected chi connectivity index (χ4v) is 2.91. The molecular weight excluding hydrogens is 276 g/mol. The molecule has 0 spiro atoms. The molecule has 1 rings (SSSR count). The van der Waals surface area contributed by atoms with E-state index in [-0.39, 0.29) is 12.8 Å². The molecule has 0 aliphatic heterocycles. The van der Waals surface area contributed by atoms with Gasteiger partial charge in [0.15, 0.2) is 0 Å². The van der Waals surface area contributed by atoms with E-state index in [1.807, 2.05) is 0 Å². The molecule has 116 valence electrons. The highest BCUT2D eigenvalue weighted by Crippen LogP contribution is 2.51. The molecular formula is C15H20O6. The third-order valence-corrected chi connectivity index (χ3v) is 4.23. The molecule has 0 radical (unpaired) electrons. The van der Waals surface area contributed by atoms with Gasteiger partial charge in [0.2, 0.25) is 0 Å². The SMILES string of the molecule is C=CC(=O)OC(CC)C1(C(=O)O)C=CCCC1(C)C(=O)O. The Morgan fingerprint density at radius 3 is 2.43 bits per heavy atom. The zero-order valence-electron chi connectivity index (χ0n) is 12.2. The highest BCUT2D eigenvalue weighted by molar-refractivity contribution is 5.90. The van der Waals surface area contributed by atoms with Gasteiger partial charge in [0.1, 0.15) is 11.5 Å². The van der Waals surface area contributed by atoms with E-state index in [0.717, 1.165) is 6.08 Å². The number of hydrogen-bond acceptors (Lipinski definition) is 4. The van der Waals surface area contributed by atoms with Crippen LogP contribution in [0.2, 0.25) is 0 Å². The van der Waals surface area contributed by atoms with Crippen LogP contribution in [0.15, 0.2) is 24.8 Å². The number of carboxylic acid groups (broad SMARTS) is 2. The standard InChI is InChI=1S/C15H20O6/c1-4-10(21-11(16)5-2)15(13(19)20)9-7-6-8-14(15,3)12(17)18/h5,7,9-10H,2,4,6,8H2,1,3H3,(H,17,18)(H,19,20). The van der Waals surface area contributed by atoms with Crippen molar-refractivity contribution in [1.29, 1.82) is 0 Å². The molecule has 21 heavy (non-hydrogen) atoms. The number of ether oxygens (including phenoxy) is 1. The van der Waals surface area contributed by atoms with E-state index in [1.165, 1.54) is 13.0 Å². The van der Waals surface area contributed by atoms with Crippen molar-refractivity contribution in [2.45, 2.75) is 39.2 Å². The molecule has 6 heteroatoms. The molecule has 0 saturated heterocycles. The Morgan fingerprint density at radius 2 is 2.00 bits per heavy atom. The Hall–Kier alpha value is -2.11. The van der Waals surface area contributed by atoms with Crippen LogP contribution in [0.3, 0.4) is 0 Å². The minimum atomic E-state index is -1.80. The molecule has 0 saturated carbocycles. The molecule has 6 nitrogen and oxygen atoms in total. The number of rotatable bonds is 6. The average Bonchev–Trinajstić information content (AvgIpc) is 2.44. The molecule has 0 fully saturated rings. The largest absolute Gasteiger partial charge is 0.481 e. The number of allylic oxidation sites excluding steroid dienone is 1. The molecule has 0 bridgehead atoms. The Balaban J connectivity index is 3.46. The van der Waals surface area contributed by atoms with Gasteiger partial charge >= 0.3 is 17.9 Å². The average molecular weight is 296 g/mol. The maximum atomic E-state index is 11.9. The maximum absolute atomic E-state index is 11.9. The molecule has 0 aromatic carbocycles. The fourth-order valence-electron chi connectivity index (χ4n) is 2.91. The van der Waals surface area contributed by atoms with Crippen LogP contribution in [-0.2, 0) is 19.1 Å². The quantitative estimate of drug-likeness (QED) is 0.441. The summed E-state index contributed by atoms with van der Waals surface area (Å²) in [6, 6.07) is 0. The first-order chi connectivity index (χ1) is 9.76. The van der Waals surface area contributed by atoms with E-state index >= 15 is 0 Å². The lowest BCUT2D eigenvalue weighted by molar-refractivity contribution is -0.186. The van der Waals surface area contributed by atoms with Crippen molar-refractivity contribution in [2.24, 2.45) is 10.8 Å². The van der Waals surface area contributed by atoms with E-state index in [0.29, 0.717) is 6.42 Å². The molecule has 1 aliphatic carbocycles. The van der Waals surface area contributed by atoms with E-state index in [9.17, 15) is 24.6 Å². The van der Waals surface area contributed by atoms with Gasteiger partial charge in [0.05, 0.1) is 5.41 Å². The van der Waals surface area contributed by atoms with Crippen LogP contribution in [0.4, 0.5) is 0 Å². The molecule has 0 aromatic heterocycles. The van der Waals surface area contributed by atoms with E-state index < -0.39 is 34.8 Å². The molecule has 0 heterocycles. The topological polar surface area (TPSA) is 101 Å². The first kappa shape index (κ1) is 16.9. The predicted molar refractivity (Wildman–Crippen MR) is 74.6 cm³/mol. The summed E-state index contributed by atoms with van der Waals surface area (Å²) >= 11 is 0. The van der Waals surface area contributed by atoms with Gasteiger partial charge in [-0.15, -0.1) is 0 Å². The lowest BCUT2D eigenvalue weighted by atomic mass is 9.56. The van der Waals surface area contributed by atoms with E-state index in [2.05, 4.69) is 6.58 Å². The smallest absolute Gasteiger partial charge is 0.330 e. The lowest BCUT2D eigenvalue weighted by Crippen LogP contribution is -2.58. The first-order valence-corrected chi connectivity index (χ1v) is 6.73. The number of aliphatic carboxylic acids is 2. The Labute approximate surface area is 123 Å². The summed E-state index contributed by atoms with van der Waals surface area (Å²) in [4.78, 5) is 35.1. The first-order valence-electron chi connectivity index (χ1n) is 6.73. The van der Waals surface area contributed by atoms with Gasteiger partial charge in [0.25, 0.3) is 0 Å². The Kier molecular flexibility index (Phi) is 4.93. The molecule has 0 amide bonds. The number of hydrogen-bond donors (Lipinski definition) is 2. The van der Waals surface area contributed by atoms with Gasteiger partial charge < -0.3 is 14.9 Å². The number of carbonyl (C=O) groups excluding carboxylic acids is 1. The van der Waals surface area contributed by atoms with E-state index in [4.69, 9.17) is 4.74 Å². The van der Waals surface area contributed by atoms with Gasteiger partial charge in [-0.2, -0.15) is 0 Å². The summed E-state index contributed by atoms with van der Waals surface area (Å²) in [5.41, 5.74) is -3.36. The predicted octanol–water partition coefficient (Wildman–Crippen LogP) is 2.01. The zero-order valence-corrected chi connectivity index (χ0v) is 12.2. The van der Waals surface area contributed by atoms with Crippen LogP contribution in [0, 0.1) is 10.8 Å². The molecule has 0 aromatic rings. The second kappa shape index (κ2) is 6.11. The third kappa shape index (κ3) is 2.57. The van der Waals surface area contributed by atoms with Crippen LogP contribution in [0.5, 0.6) is 0 Å². The van der Waals surface area contributed by atoms with Crippen molar-refractivity contribution in [2.75, 3.05) is 0 Å². The maximum Gasteiger partial charge on any atom is 0.330 e. The zero-order chi connectivity index (χ0) is 16.3. The molecule has 3 atom stereocenters. The van der Waals surface area contributed by atoms with Crippen molar-refractivity contribution >= 4 is 17.9 Å². The monoisotopic (exact) mass is 296 g/mol. The van der Waals surface area contributed by atoms with Gasteiger partial charge in [-0.05, 0) is 26.2 Å². The second-order valence-corrected chi connectivity index (χ2v) is 5.29. The van der Waals surface area contributed by atoms with Gasteiger partial charge in [-0.25, -0.2) is 4.79 Å². The normalized spacial score (nSPS) is 29.4. The van der Waals surface area contributed by atoms with Crippen LogP contribution in [0.1, 0.15) is 33.1 Å². The van der Waals surface area contributed by atoms with Crippen molar-refractivity contribution in [3.63, 3.8) is 0 Å². The third-order valence-electron chi connectivity index (χ3n) is 4.23. The summed E-state index contributed by atoms with van der Waals surface area (Å²) in [5.74, 6) is -3.30. The van der Waals surface area contributed by atoms with Crippen molar-refractivity contribution in [3.8, 4) is 0 Å². The van der Waals surface area contributed by atoms with Crippen molar-refractivity contribution in [1.82, 2.24) is 0 Å². The summed E-state index contributed by atoms with van der Waals surface area (Å²) in [6.45, 7) is 6.31. The van der Waals surface area contributed by atoms with Gasteiger partial charge in [0, 0.05) is 6.08 Å². The molecule has 1 aliphatic rings. The van der Waals surface area contributed by atoms with Crippen LogP contribution < -0.4 is 0 Å². The summed E-state index contributed by atoms with van der Waals surface area (Å²) in [7, 11) is 0. The summed E-state index contributed by atoms with van der Waals surface area (Å²) in [6.07, 6.45) is 3.64. The molecule has 2 N–H and O–H groups in total. The number of carbonyl (C=O) groups is 3. The van der Waals surface area contributed by atoms with Crippen LogP contribution in [0.25, 0.3) is 0 Å². The van der Waals surface area contributed by atoms with E-state index in [1.54, 1.807) is 13.0 Å². The van der Waals surface area contributed by atoms with Gasteiger partial charge in [-0.1, -0.05) is 25.7 Å². The molecule has 3 unspecified atom stereocenters. The van der Waals surface area contributed by atoms with Crippen molar-refractivity contribution < 1.29 is 29.3 Å². The summed E-state index contributed by atoms with van der Waals surface area (Å²) in [5, 5.41) is 19.3.